The van der Waals surface area contributed by atoms with E-state index in [-0.39, 0.29) is 6.42 Å². The third kappa shape index (κ3) is 27.1. The second-order valence-corrected chi connectivity index (χ2v) is 7.14. The highest BCUT2D eigenvalue weighted by Crippen LogP contribution is 1.73. The summed E-state index contributed by atoms with van der Waals surface area (Å²) in [5, 5.41) is 35.4. The van der Waals surface area contributed by atoms with Crippen LogP contribution in [-0.2, 0) is 4.79 Å². The molecule has 0 aromatic rings. The lowest BCUT2D eigenvalue weighted by atomic mass is 10.4. The predicted molar refractivity (Wildman–Crippen MR) is 126 cm³/mol. The monoisotopic (exact) mass is 432 g/mol. The van der Waals surface area contributed by atoms with Gasteiger partial charge in [-0.15, -0.1) is 0 Å². The van der Waals surface area contributed by atoms with Crippen molar-refractivity contribution < 1.29 is 9.90 Å². The first-order chi connectivity index (χ1) is 14.8. The molecule has 0 aliphatic heterocycles. The molecule has 0 aromatic carbocycles. The molecule has 0 rings (SSSR count). The third-order valence-electron chi connectivity index (χ3n) is 4.29. The van der Waals surface area contributed by atoms with Crippen LogP contribution in [0.1, 0.15) is 19.8 Å². The van der Waals surface area contributed by atoms with Gasteiger partial charge in [-0.25, -0.2) is 0 Å². The molecule has 0 atom stereocenters. The Morgan fingerprint density at radius 1 is 0.467 bits per heavy atom. The van der Waals surface area contributed by atoms with Gasteiger partial charge in [-0.05, 0) is 13.0 Å². The molecule has 10 nitrogen and oxygen atoms in total. The van der Waals surface area contributed by atoms with E-state index in [1.54, 1.807) is 0 Å². The van der Waals surface area contributed by atoms with Crippen LogP contribution in [-0.4, -0.2) is 116 Å². The molecule has 30 heavy (non-hydrogen) atoms. The Kier molecular flexibility index (Phi) is 25.4. The summed E-state index contributed by atoms with van der Waals surface area (Å²) in [7, 11) is 0. The lowest BCUT2D eigenvalue weighted by Crippen LogP contribution is -2.38. The van der Waals surface area contributed by atoms with Crippen molar-refractivity contribution >= 4 is 5.97 Å². The van der Waals surface area contributed by atoms with E-state index < -0.39 is 5.97 Å². The van der Waals surface area contributed by atoms with Crippen LogP contribution in [0.3, 0.4) is 0 Å². The highest BCUT2D eigenvalue weighted by Gasteiger charge is 1.95. The van der Waals surface area contributed by atoms with Crippen LogP contribution >= 0.6 is 0 Å². The van der Waals surface area contributed by atoms with E-state index in [1.165, 1.54) is 6.42 Å². The number of carboxylic acids is 1. The van der Waals surface area contributed by atoms with E-state index in [0.717, 1.165) is 98.2 Å². The first kappa shape index (κ1) is 29.1. The standard InChI is InChI=1S/C20H48N8O2/c1-2-4-21-6-8-23-10-12-25-14-16-27-18-19-28-17-15-26-13-11-24-9-7-22-5-3-20(29)30/h21-28H,2-19H2,1H3,(H,29,30). The molecule has 10 heteroatoms. The molecule has 0 bridgehead atoms. The topological polar surface area (TPSA) is 134 Å². The van der Waals surface area contributed by atoms with E-state index in [9.17, 15) is 4.79 Å². The Morgan fingerprint density at radius 2 is 0.700 bits per heavy atom. The molecule has 0 amide bonds. The quantitative estimate of drug-likeness (QED) is 0.0681. The lowest BCUT2D eigenvalue weighted by molar-refractivity contribution is -0.136. The maximum atomic E-state index is 10.4. The van der Waals surface area contributed by atoms with E-state index >= 15 is 0 Å². The van der Waals surface area contributed by atoms with Crippen molar-refractivity contribution in [2.75, 3.05) is 105 Å². The third-order valence-corrected chi connectivity index (χ3v) is 4.29. The zero-order valence-corrected chi connectivity index (χ0v) is 19.1. The van der Waals surface area contributed by atoms with Gasteiger partial charge in [0.2, 0.25) is 0 Å². The number of nitrogens with one attached hydrogen (secondary N) is 8. The summed E-state index contributed by atoms with van der Waals surface area (Å²) in [6.45, 7) is 17.3. The van der Waals surface area contributed by atoms with Crippen LogP contribution in [0.4, 0.5) is 0 Å². The second-order valence-electron chi connectivity index (χ2n) is 7.14. The largest absolute Gasteiger partial charge is 0.481 e. The SMILES string of the molecule is CCCNCCNCCNCCNCCNCCNCCNCCNCCC(=O)O. The lowest BCUT2D eigenvalue weighted by Gasteiger charge is -2.10. The van der Waals surface area contributed by atoms with Crippen LogP contribution in [0.2, 0.25) is 0 Å². The molecule has 0 fully saturated rings. The Labute approximate surface area is 183 Å². The molecule has 0 heterocycles. The minimum atomic E-state index is -0.758. The Morgan fingerprint density at radius 3 is 0.933 bits per heavy atom. The van der Waals surface area contributed by atoms with Crippen molar-refractivity contribution in [3.63, 3.8) is 0 Å². The molecule has 0 aliphatic carbocycles. The van der Waals surface area contributed by atoms with E-state index in [4.69, 9.17) is 5.11 Å². The van der Waals surface area contributed by atoms with Gasteiger partial charge < -0.3 is 47.6 Å². The number of carbonyl (C=O) groups is 1. The molecule has 9 N–H and O–H groups in total. The maximum Gasteiger partial charge on any atom is 0.304 e. The van der Waals surface area contributed by atoms with Gasteiger partial charge in [0.25, 0.3) is 0 Å². The van der Waals surface area contributed by atoms with Gasteiger partial charge in [0.1, 0.15) is 0 Å². The van der Waals surface area contributed by atoms with Crippen molar-refractivity contribution in [3.05, 3.63) is 0 Å². The normalized spacial score (nSPS) is 11.2. The highest BCUT2D eigenvalue weighted by atomic mass is 16.4. The van der Waals surface area contributed by atoms with Gasteiger partial charge in [0.15, 0.2) is 0 Å². The Hall–Kier alpha value is -0.850. The number of aliphatic carboxylic acids is 1. The zero-order chi connectivity index (χ0) is 22.0. The Bertz CT molecular complexity index is 351. The number of carboxylic acid groups (broad SMARTS) is 1. The summed E-state index contributed by atoms with van der Waals surface area (Å²) >= 11 is 0. The van der Waals surface area contributed by atoms with Gasteiger partial charge in [0.05, 0.1) is 6.42 Å². The smallest absolute Gasteiger partial charge is 0.304 e. The van der Waals surface area contributed by atoms with Crippen LogP contribution in [0.25, 0.3) is 0 Å². The molecule has 0 unspecified atom stereocenters. The summed E-state index contributed by atoms with van der Waals surface area (Å²) in [6.07, 6.45) is 1.37. The van der Waals surface area contributed by atoms with E-state index in [0.29, 0.717) is 6.54 Å². The summed E-state index contributed by atoms with van der Waals surface area (Å²) in [5.74, 6) is -0.758. The molecule has 180 valence electrons. The van der Waals surface area contributed by atoms with E-state index in [1.807, 2.05) is 0 Å². The number of rotatable bonds is 26. The fourth-order valence-corrected chi connectivity index (χ4v) is 2.61. The minimum absolute atomic E-state index is 0.177. The van der Waals surface area contributed by atoms with Crippen LogP contribution in [0.5, 0.6) is 0 Å². The van der Waals surface area contributed by atoms with Gasteiger partial charge in [-0.1, -0.05) is 6.92 Å². The molecule has 0 spiro atoms. The first-order valence-electron chi connectivity index (χ1n) is 11.6. The number of hydrogen-bond donors (Lipinski definition) is 9. The second kappa shape index (κ2) is 26.2. The molecule has 0 saturated heterocycles. The molecule has 0 radical (unpaired) electrons. The van der Waals surface area contributed by atoms with Crippen molar-refractivity contribution in [1.29, 1.82) is 0 Å². The summed E-state index contributed by atoms with van der Waals surface area (Å²) in [6, 6.07) is 0. The van der Waals surface area contributed by atoms with Gasteiger partial charge in [0, 0.05) is 98.2 Å². The minimum Gasteiger partial charge on any atom is -0.481 e. The summed E-state index contributed by atoms with van der Waals surface area (Å²) in [4.78, 5) is 10.4. The average molecular weight is 433 g/mol. The summed E-state index contributed by atoms with van der Waals surface area (Å²) < 4.78 is 0. The molecule has 0 saturated carbocycles. The van der Waals surface area contributed by atoms with Gasteiger partial charge >= 0.3 is 5.97 Å². The summed E-state index contributed by atoms with van der Waals surface area (Å²) in [5.41, 5.74) is 0. The first-order valence-corrected chi connectivity index (χ1v) is 11.6. The fourth-order valence-electron chi connectivity index (χ4n) is 2.61. The van der Waals surface area contributed by atoms with Crippen molar-refractivity contribution in [2.45, 2.75) is 19.8 Å². The molecule has 0 aliphatic rings. The molecule has 0 aromatic heterocycles. The molecular formula is C20H48N8O2. The van der Waals surface area contributed by atoms with Crippen LogP contribution in [0, 0.1) is 0 Å². The van der Waals surface area contributed by atoms with Gasteiger partial charge in [-0.3, -0.25) is 4.79 Å². The Balaban J connectivity index is 2.99. The van der Waals surface area contributed by atoms with Gasteiger partial charge in [-0.2, -0.15) is 0 Å². The van der Waals surface area contributed by atoms with Crippen LogP contribution < -0.4 is 42.5 Å². The number of hydrogen-bond acceptors (Lipinski definition) is 9. The zero-order valence-electron chi connectivity index (χ0n) is 19.1. The fraction of sp³-hybridized carbons (Fsp3) is 0.950. The highest BCUT2D eigenvalue weighted by molar-refractivity contribution is 5.66. The van der Waals surface area contributed by atoms with Crippen molar-refractivity contribution in [1.82, 2.24) is 42.5 Å². The maximum absolute atomic E-state index is 10.4. The van der Waals surface area contributed by atoms with Crippen LogP contribution in [0.15, 0.2) is 0 Å². The predicted octanol–water partition coefficient (Wildman–Crippen LogP) is -2.41. The average Bonchev–Trinajstić information content (AvgIpc) is 2.73. The van der Waals surface area contributed by atoms with E-state index in [2.05, 4.69) is 49.5 Å². The van der Waals surface area contributed by atoms with Crippen molar-refractivity contribution in [3.8, 4) is 0 Å². The molecular weight excluding hydrogens is 384 g/mol. The van der Waals surface area contributed by atoms with Crippen molar-refractivity contribution in [2.24, 2.45) is 0 Å².